The molecule has 27 heavy (non-hydrogen) atoms. The Hall–Kier alpha value is -1.98. The van der Waals surface area contributed by atoms with Gasteiger partial charge in [0.25, 0.3) is 5.91 Å². The van der Waals surface area contributed by atoms with Crippen molar-refractivity contribution in [2.75, 3.05) is 26.2 Å². The second-order valence-corrected chi connectivity index (χ2v) is 8.23. The van der Waals surface area contributed by atoms with Crippen molar-refractivity contribution >= 4 is 27.6 Å². The van der Waals surface area contributed by atoms with Crippen LogP contribution in [-0.4, -0.2) is 53.7 Å². The molecule has 0 saturated carbocycles. The van der Waals surface area contributed by atoms with E-state index in [4.69, 9.17) is 0 Å². The molecule has 0 aromatic heterocycles. The van der Waals surface area contributed by atoms with E-state index in [0.717, 1.165) is 37.1 Å². The number of likely N-dealkylation sites (tertiary alicyclic amines) is 2. The van der Waals surface area contributed by atoms with Crippen LogP contribution in [0.4, 0.5) is 0 Å². The van der Waals surface area contributed by atoms with E-state index in [9.17, 15) is 9.59 Å². The van der Waals surface area contributed by atoms with Crippen LogP contribution in [-0.2, 0) is 0 Å². The fourth-order valence-electron chi connectivity index (χ4n) is 4.13. The Bertz CT molecular complexity index is 844. The molecule has 140 valence electrons. The minimum absolute atomic E-state index is 0.0299. The molecule has 1 amide bonds. The number of hydrogen-bond donors (Lipinski definition) is 0. The van der Waals surface area contributed by atoms with Crippen LogP contribution in [0.1, 0.15) is 45.5 Å². The SMILES string of the molecule is O=C(c1ccc(Br)cc1)c1ccccc1C(=O)N1CCC(N2CCCC2)C1. The maximum absolute atomic E-state index is 13.2. The molecule has 1 atom stereocenters. The van der Waals surface area contributed by atoms with Crippen molar-refractivity contribution in [3.63, 3.8) is 0 Å². The molecule has 1 unspecified atom stereocenters. The van der Waals surface area contributed by atoms with Gasteiger partial charge in [-0.25, -0.2) is 0 Å². The number of benzene rings is 2. The zero-order chi connectivity index (χ0) is 18.8. The standard InChI is InChI=1S/C22H23BrN2O2/c23-17-9-7-16(8-10-17)21(26)19-5-1-2-6-20(19)22(27)25-14-11-18(15-25)24-12-3-4-13-24/h1-2,5-10,18H,3-4,11-15H2. The van der Waals surface area contributed by atoms with Crippen molar-refractivity contribution < 1.29 is 9.59 Å². The number of ketones is 1. The van der Waals surface area contributed by atoms with Gasteiger partial charge in [-0.15, -0.1) is 0 Å². The fourth-order valence-corrected chi connectivity index (χ4v) is 4.39. The van der Waals surface area contributed by atoms with Crippen LogP contribution in [0.5, 0.6) is 0 Å². The largest absolute Gasteiger partial charge is 0.337 e. The lowest BCUT2D eigenvalue weighted by Gasteiger charge is -2.24. The summed E-state index contributed by atoms with van der Waals surface area (Å²) in [4.78, 5) is 30.6. The van der Waals surface area contributed by atoms with E-state index < -0.39 is 0 Å². The van der Waals surface area contributed by atoms with Gasteiger partial charge in [0, 0.05) is 34.7 Å². The van der Waals surface area contributed by atoms with Crippen LogP contribution in [0.3, 0.4) is 0 Å². The molecule has 5 heteroatoms. The Morgan fingerprint density at radius 1 is 0.889 bits per heavy atom. The van der Waals surface area contributed by atoms with Gasteiger partial charge in [0.2, 0.25) is 0 Å². The molecule has 0 N–H and O–H groups in total. The molecule has 4 nitrogen and oxygen atoms in total. The zero-order valence-electron chi connectivity index (χ0n) is 15.2. The maximum Gasteiger partial charge on any atom is 0.254 e. The van der Waals surface area contributed by atoms with E-state index in [1.165, 1.54) is 12.8 Å². The molecule has 0 radical (unpaired) electrons. The molecule has 2 aliphatic heterocycles. The van der Waals surface area contributed by atoms with Crippen LogP contribution in [0, 0.1) is 0 Å². The van der Waals surface area contributed by atoms with Crippen molar-refractivity contribution in [3.05, 3.63) is 69.7 Å². The number of nitrogens with zero attached hydrogens (tertiary/aromatic N) is 2. The van der Waals surface area contributed by atoms with Gasteiger partial charge in [-0.3, -0.25) is 14.5 Å². The summed E-state index contributed by atoms with van der Waals surface area (Å²) in [6, 6.07) is 14.9. The maximum atomic E-state index is 13.2. The summed E-state index contributed by atoms with van der Waals surface area (Å²) >= 11 is 3.39. The monoisotopic (exact) mass is 426 g/mol. The van der Waals surface area contributed by atoms with Gasteiger partial charge >= 0.3 is 0 Å². The smallest absolute Gasteiger partial charge is 0.254 e. The molecule has 2 aromatic rings. The highest BCUT2D eigenvalue weighted by atomic mass is 79.9. The van der Waals surface area contributed by atoms with Gasteiger partial charge in [-0.05, 0) is 62.7 Å². The fraction of sp³-hybridized carbons (Fsp3) is 0.364. The third-order valence-electron chi connectivity index (χ3n) is 5.62. The lowest BCUT2D eigenvalue weighted by atomic mass is 9.97. The van der Waals surface area contributed by atoms with Crippen molar-refractivity contribution in [2.24, 2.45) is 0 Å². The van der Waals surface area contributed by atoms with Crippen LogP contribution in [0.25, 0.3) is 0 Å². The summed E-state index contributed by atoms with van der Waals surface area (Å²) in [6.45, 7) is 3.82. The van der Waals surface area contributed by atoms with E-state index in [1.807, 2.05) is 29.2 Å². The number of hydrogen-bond acceptors (Lipinski definition) is 3. The highest BCUT2D eigenvalue weighted by molar-refractivity contribution is 9.10. The Labute approximate surface area is 168 Å². The van der Waals surface area contributed by atoms with Crippen molar-refractivity contribution in [1.29, 1.82) is 0 Å². The summed E-state index contributed by atoms with van der Waals surface area (Å²) in [5.74, 6) is -0.139. The third-order valence-corrected chi connectivity index (χ3v) is 6.14. The molecule has 2 aromatic carbocycles. The van der Waals surface area contributed by atoms with E-state index in [0.29, 0.717) is 22.7 Å². The van der Waals surface area contributed by atoms with Gasteiger partial charge in [0.15, 0.2) is 5.78 Å². The van der Waals surface area contributed by atoms with Crippen LogP contribution >= 0.6 is 15.9 Å². The summed E-state index contributed by atoms with van der Waals surface area (Å²) in [6.07, 6.45) is 3.54. The average molecular weight is 427 g/mol. The van der Waals surface area contributed by atoms with Gasteiger partial charge < -0.3 is 4.90 Å². The van der Waals surface area contributed by atoms with Gasteiger partial charge in [0.05, 0.1) is 5.56 Å². The summed E-state index contributed by atoms with van der Waals surface area (Å²) in [5, 5.41) is 0. The van der Waals surface area contributed by atoms with E-state index in [2.05, 4.69) is 20.8 Å². The van der Waals surface area contributed by atoms with E-state index in [-0.39, 0.29) is 11.7 Å². The third kappa shape index (κ3) is 3.85. The second kappa shape index (κ2) is 7.95. The molecular weight excluding hydrogens is 404 g/mol. The number of amides is 1. The topological polar surface area (TPSA) is 40.6 Å². The molecular formula is C22H23BrN2O2. The van der Waals surface area contributed by atoms with Crippen molar-refractivity contribution in [2.45, 2.75) is 25.3 Å². The van der Waals surface area contributed by atoms with Gasteiger partial charge in [0.1, 0.15) is 0 Å². The second-order valence-electron chi connectivity index (χ2n) is 7.32. The van der Waals surface area contributed by atoms with Gasteiger partial charge in [-0.1, -0.05) is 34.1 Å². The summed E-state index contributed by atoms with van der Waals surface area (Å²) in [5.41, 5.74) is 1.58. The van der Waals surface area contributed by atoms with Gasteiger partial charge in [-0.2, -0.15) is 0 Å². The predicted octanol–water partition coefficient (Wildman–Crippen LogP) is 3.99. The Kier molecular flexibility index (Phi) is 5.41. The molecule has 4 rings (SSSR count). The molecule has 2 heterocycles. The number of halogens is 1. The molecule has 2 aliphatic rings. The molecule has 2 fully saturated rings. The highest BCUT2D eigenvalue weighted by Gasteiger charge is 2.33. The first-order valence-electron chi connectivity index (χ1n) is 9.56. The predicted molar refractivity (Wildman–Crippen MR) is 109 cm³/mol. The highest BCUT2D eigenvalue weighted by Crippen LogP contribution is 2.24. The van der Waals surface area contributed by atoms with Crippen molar-refractivity contribution in [3.8, 4) is 0 Å². The molecule has 0 aliphatic carbocycles. The number of carbonyl (C=O) groups excluding carboxylic acids is 2. The zero-order valence-corrected chi connectivity index (χ0v) is 16.8. The van der Waals surface area contributed by atoms with E-state index in [1.54, 1.807) is 24.3 Å². The van der Waals surface area contributed by atoms with Crippen LogP contribution < -0.4 is 0 Å². The van der Waals surface area contributed by atoms with Crippen molar-refractivity contribution in [1.82, 2.24) is 9.80 Å². The normalized spacial score (nSPS) is 20.2. The number of rotatable bonds is 4. The first-order valence-corrected chi connectivity index (χ1v) is 10.4. The minimum atomic E-state index is -0.110. The minimum Gasteiger partial charge on any atom is -0.337 e. The lowest BCUT2D eigenvalue weighted by Crippen LogP contribution is -2.37. The van der Waals surface area contributed by atoms with E-state index >= 15 is 0 Å². The average Bonchev–Trinajstić information content (AvgIpc) is 3.39. The summed E-state index contributed by atoms with van der Waals surface area (Å²) < 4.78 is 0.924. The van der Waals surface area contributed by atoms with Crippen LogP contribution in [0.2, 0.25) is 0 Å². The molecule has 2 saturated heterocycles. The Balaban J connectivity index is 1.54. The quantitative estimate of drug-likeness (QED) is 0.693. The Morgan fingerprint density at radius 3 is 2.26 bits per heavy atom. The Morgan fingerprint density at radius 2 is 1.56 bits per heavy atom. The first kappa shape index (κ1) is 18.4. The first-order chi connectivity index (χ1) is 13.1. The molecule has 0 spiro atoms. The lowest BCUT2D eigenvalue weighted by molar-refractivity contribution is 0.0775. The number of carbonyl (C=O) groups is 2. The summed E-state index contributed by atoms with van der Waals surface area (Å²) in [7, 11) is 0. The molecule has 0 bridgehead atoms. The van der Waals surface area contributed by atoms with Crippen LogP contribution in [0.15, 0.2) is 53.0 Å².